The van der Waals surface area contributed by atoms with Crippen LogP contribution in [-0.4, -0.2) is 34.3 Å². The molecule has 1 heterocycles. The number of aliphatic hydroxyl groups excluding tert-OH is 1. The van der Waals surface area contributed by atoms with Crippen LogP contribution >= 0.6 is 0 Å². The summed E-state index contributed by atoms with van der Waals surface area (Å²) < 4.78 is 0. The Hall–Kier alpha value is -1.62. The number of carbonyl (C=O) groups is 1. The molecular formula is C11H16N2O3. The van der Waals surface area contributed by atoms with Gasteiger partial charge < -0.3 is 15.5 Å². The lowest BCUT2D eigenvalue weighted by Crippen LogP contribution is -2.36. The van der Waals surface area contributed by atoms with E-state index in [1.807, 2.05) is 13.8 Å². The van der Waals surface area contributed by atoms with Crippen molar-refractivity contribution < 1.29 is 15.0 Å². The third kappa shape index (κ3) is 3.20. The number of nitrogens with zero attached hydrogens (tertiary/aromatic N) is 1. The summed E-state index contributed by atoms with van der Waals surface area (Å²) in [5.74, 6) is -0.596. The van der Waals surface area contributed by atoms with Crippen molar-refractivity contribution in [2.75, 3.05) is 13.2 Å². The molecule has 88 valence electrons. The average molecular weight is 224 g/mol. The third-order valence-electron chi connectivity index (χ3n) is 2.16. The van der Waals surface area contributed by atoms with Crippen LogP contribution in [0.4, 0.5) is 0 Å². The Bertz CT molecular complexity index is 377. The molecule has 1 aromatic rings. The summed E-state index contributed by atoms with van der Waals surface area (Å²) >= 11 is 0. The lowest BCUT2D eigenvalue weighted by molar-refractivity contribution is 0.0903. The standard InChI is InChI=1S/C11H16N2O3/c1-11(2,7-14)6-13-10(16)9-8(15)4-3-5-12-9/h3-5,14-15H,6-7H2,1-2H3,(H,13,16). The van der Waals surface area contributed by atoms with Crippen molar-refractivity contribution in [3.05, 3.63) is 24.0 Å². The summed E-state index contributed by atoms with van der Waals surface area (Å²) in [5, 5.41) is 21.0. The summed E-state index contributed by atoms with van der Waals surface area (Å²) in [6.45, 7) is 3.94. The number of aromatic nitrogens is 1. The molecule has 0 saturated heterocycles. The van der Waals surface area contributed by atoms with E-state index in [0.717, 1.165) is 0 Å². The van der Waals surface area contributed by atoms with Crippen LogP contribution in [0.3, 0.4) is 0 Å². The van der Waals surface area contributed by atoms with Crippen molar-refractivity contribution in [1.82, 2.24) is 10.3 Å². The molecule has 0 bridgehead atoms. The number of hydrogen-bond acceptors (Lipinski definition) is 4. The van der Waals surface area contributed by atoms with Gasteiger partial charge >= 0.3 is 0 Å². The minimum Gasteiger partial charge on any atom is -0.505 e. The van der Waals surface area contributed by atoms with Crippen LogP contribution in [0.15, 0.2) is 18.3 Å². The number of carbonyl (C=O) groups excluding carboxylic acids is 1. The fourth-order valence-electron chi connectivity index (χ4n) is 1.03. The highest BCUT2D eigenvalue weighted by molar-refractivity contribution is 5.94. The number of aliphatic hydroxyl groups is 1. The Morgan fingerprint density at radius 3 is 2.81 bits per heavy atom. The summed E-state index contributed by atoms with van der Waals surface area (Å²) in [6, 6.07) is 2.95. The van der Waals surface area contributed by atoms with Gasteiger partial charge in [0.25, 0.3) is 5.91 Å². The van der Waals surface area contributed by atoms with Gasteiger partial charge in [-0.25, -0.2) is 4.98 Å². The van der Waals surface area contributed by atoms with Crippen molar-refractivity contribution in [2.24, 2.45) is 5.41 Å². The molecule has 0 aromatic carbocycles. The van der Waals surface area contributed by atoms with E-state index in [0.29, 0.717) is 6.54 Å². The van der Waals surface area contributed by atoms with E-state index in [9.17, 15) is 9.90 Å². The molecule has 0 atom stereocenters. The topological polar surface area (TPSA) is 82.5 Å². The fourth-order valence-corrected chi connectivity index (χ4v) is 1.03. The molecule has 1 aromatic heterocycles. The Balaban J connectivity index is 2.64. The molecule has 0 fully saturated rings. The Morgan fingerprint density at radius 2 is 2.25 bits per heavy atom. The Kier molecular flexibility index (Phi) is 3.84. The van der Waals surface area contributed by atoms with Gasteiger partial charge in [-0.2, -0.15) is 0 Å². The van der Waals surface area contributed by atoms with Crippen LogP contribution in [0.1, 0.15) is 24.3 Å². The zero-order chi connectivity index (χ0) is 12.2. The summed E-state index contributed by atoms with van der Waals surface area (Å²) in [6.07, 6.45) is 1.44. The molecule has 1 amide bonds. The molecule has 0 aliphatic rings. The number of nitrogens with one attached hydrogen (secondary N) is 1. The normalized spacial score (nSPS) is 11.2. The fraction of sp³-hybridized carbons (Fsp3) is 0.455. The molecule has 0 aliphatic heterocycles. The zero-order valence-corrected chi connectivity index (χ0v) is 9.40. The third-order valence-corrected chi connectivity index (χ3v) is 2.16. The lowest BCUT2D eigenvalue weighted by atomic mass is 9.95. The largest absolute Gasteiger partial charge is 0.505 e. The van der Waals surface area contributed by atoms with Crippen LogP contribution in [-0.2, 0) is 0 Å². The molecule has 0 aliphatic carbocycles. The van der Waals surface area contributed by atoms with Gasteiger partial charge in [-0.1, -0.05) is 13.8 Å². The van der Waals surface area contributed by atoms with E-state index in [2.05, 4.69) is 10.3 Å². The van der Waals surface area contributed by atoms with Crippen LogP contribution in [0.25, 0.3) is 0 Å². The maximum absolute atomic E-state index is 11.6. The van der Waals surface area contributed by atoms with Gasteiger partial charge in [-0.15, -0.1) is 0 Å². The van der Waals surface area contributed by atoms with Crippen molar-refractivity contribution >= 4 is 5.91 Å². The van der Waals surface area contributed by atoms with E-state index in [4.69, 9.17) is 5.11 Å². The van der Waals surface area contributed by atoms with Crippen LogP contribution in [0.2, 0.25) is 0 Å². The molecule has 0 radical (unpaired) electrons. The van der Waals surface area contributed by atoms with Crippen molar-refractivity contribution in [3.8, 4) is 5.75 Å². The van der Waals surface area contributed by atoms with Gasteiger partial charge in [-0.3, -0.25) is 4.79 Å². The van der Waals surface area contributed by atoms with Crippen molar-refractivity contribution in [2.45, 2.75) is 13.8 Å². The minimum absolute atomic E-state index is 0.00348. The first kappa shape index (κ1) is 12.4. The number of amides is 1. The maximum atomic E-state index is 11.6. The summed E-state index contributed by atoms with van der Waals surface area (Å²) in [4.78, 5) is 15.4. The SMILES string of the molecule is CC(C)(CO)CNC(=O)c1ncccc1O. The highest BCUT2D eigenvalue weighted by Gasteiger charge is 2.19. The maximum Gasteiger partial charge on any atom is 0.273 e. The molecule has 3 N–H and O–H groups in total. The van der Waals surface area contributed by atoms with Gasteiger partial charge in [-0.05, 0) is 12.1 Å². The number of hydrogen-bond donors (Lipinski definition) is 3. The van der Waals surface area contributed by atoms with Crippen molar-refractivity contribution in [1.29, 1.82) is 0 Å². The lowest BCUT2D eigenvalue weighted by Gasteiger charge is -2.21. The molecule has 5 heteroatoms. The zero-order valence-electron chi connectivity index (χ0n) is 9.40. The van der Waals surface area contributed by atoms with Gasteiger partial charge in [0.05, 0.1) is 0 Å². The van der Waals surface area contributed by atoms with E-state index < -0.39 is 5.91 Å². The van der Waals surface area contributed by atoms with Crippen LogP contribution in [0.5, 0.6) is 5.75 Å². The molecule has 5 nitrogen and oxygen atoms in total. The predicted octanol–water partition coefficient (Wildman–Crippen LogP) is 0.535. The Labute approximate surface area is 94.1 Å². The second kappa shape index (κ2) is 4.94. The highest BCUT2D eigenvalue weighted by Crippen LogP contribution is 2.14. The highest BCUT2D eigenvalue weighted by atomic mass is 16.3. The number of rotatable bonds is 4. The predicted molar refractivity (Wildman–Crippen MR) is 59.1 cm³/mol. The molecule has 0 saturated carbocycles. The minimum atomic E-state index is -0.445. The van der Waals surface area contributed by atoms with Gasteiger partial charge in [0.1, 0.15) is 5.75 Å². The van der Waals surface area contributed by atoms with E-state index in [1.54, 1.807) is 6.07 Å². The first-order valence-electron chi connectivity index (χ1n) is 4.99. The first-order chi connectivity index (χ1) is 7.46. The summed E-state index contributed by atoms with van der Waals surface area (Å²) in [5.41, 5.74) is -0.392. The van der Waals surface area contributed by atoms with E-state index in [1.165, 1.54) is 12.3 Å². The first-order valence-corrected chi connectivity index (χ1v) is 4.99. The molecule has 1 rings (SSSR count). The van der Waals surface area contributed by atoms with Crippen LogP contribution < -0.4 is 5.32 Å². The van der Waals surface area contributed by atoms with Gasteiger partial charge in [0, 0.05) is 24.8 Å². The van der Waals surface area contributed by atoms with E-state index >= 15 is 0 Å². The molecular weight excluding hydrogens is 208 g/mol. The van der Waals surface area contributed by atoms with E-state index in [-0.39, 0.29) is 23.5 Å². The second-order valence-corrected chi connectivity index (χ2v) is 4.38. The Morgan fingerprint density at radius 1 is 1.56 bits per heavy atom. The second-order valence-electron chi connectivity index (χ2n) is 4.38. The molecule has 0 spiro atoms. The summed E-state index contributed by atoms with van der Waals surface area (Å²) in [7, 11) is 0. The van der Waals surface area contributed by atoms with Crippen molar-refractivity contribution in [3.63, 3.8) is 0 Å². The molecule has 16 heavy (non-hydrogen) atoms. The number of pyridine rings is 1. The van der Waals surface area contributed by atoms with Crippen LogP contribution in [0, 0.1) is 5.41 Å². The molecule has 0 unspecified atom stereocenters. The number of aromatic hydroxyl groups is 1. The van der Waals surface area contributed by atoms with Gasteiger partial charge in [0.2, 0.25) is 0 Å². The average Bonchev–Trinajstić information content (AvgIpc) is 2.27. The quantitative estimate of drug-likeness (QED) is 0.697. The van der Waals surface area contributed by atoms with Gasteiger partial charge in [0.15, 0.2) is 5.69 Å². The smallest absolute Gasteiger partial charge is 0.273 e. The monoisotopic (exact) mass is 224 g/mol.